The first-order valence-corrected chi connectivity index (χ1v) is 8.65. The van der Waals surface area contributed by atoms with E-state index in [1.165, 1.54) is 6.42 Å². The van der Waals surface area contributed by atoms with Crippen LogP contribution in [0.3, 0.4) is 0 Å². The zero-order chi connectivity index (χ0) is 16.9. The fraction of sp³-hybridized carbons (Fsp3) is 0.450. The van der Waals surface area contributed by atoms with E-state index >= 15 is 0 Å². The molecule has 0 radical (unpaired) electrons. The minimum absolute atomic E-state index is 0.0990. The summed E-state index contributed by atoms with van der Waals surface area (Å²) in [5, 5.41) is 5.54. The number of amides is 1. The van der Waals surface area contributed by atoms with Crippen LogP contribution in [0.2, 0.25) is 0 Å². The maximum atomic E-state index is 12.4. The van der Waals surface area contributed by atoms with Crippen molar-refractivity contribution in [1.82, 2.24) is 10.4 Å². The van der Waals surface area contributed by atoms with Gasteiger partial charge in [-0.25, -0.2) is 10.4 Å². The number of carbonyl (C=O) groups excluding carboxylic acids is 1. The molecule has 124 valence electrons. The maximum absolute atomic E-state index is 12.4. The number of benzene rings is 1. The third-order valence-corrected chi connectivity index (χ3v) is 6.64. The highest BCUT2D eigenvalue weighted by Gasteiger charge is 2.60. The molecule has 1 aromatic carbocycles. The van der Waals surface area contributed by atoms with Gasteiger partial charge < -0.3 is 0 Å². The van der Waals surface area contributed by atoms with Gasteiger partial charge in [-0.1, -0.05) is 45.0 Å². The van der Waals surface area contributed by atoms with Crippen LogP contribution in [0.15, 0.2) is 41.5 Å². The van der Waals surface area contributed by atoms with Crippen molar-refractivity contribution in [2.75, 3.05) is 0 Å². The lowest BCUT2D eigenvalue weighted by Crippen LogP contribution is -2.34. The van der Waals surface area contributed by atoms with Crippen LogP contribution in [0.5, 0.6) is 0 Å². The van der Waals surface area contributed by atoms with Crippen LogP contribution in [-0.2, 0) is 0 Å². The van der Waals surface area contributed by atoms with E-state index < -0.39 is 0 Å². The quantitative estimate of drug-likeness (QED) is 0.844. The molecule has 2 aromatic rings. The molecular formula is C20H23N3O. The molecule has 1 N–H and O–H groups in total. The van der Waals surface area contributed by atoms with Gasteiger partial charge in [0.15, 0.2) is 0 Å². The van der Waals surface area contributed by atoms with Crippen LogP contribution in [0, 0.1) is 16.7 Å². The summed E-state index contributed by atoms with van der Waals surface area (Å²) in [6.07, 6.45) is 3.42. The van der Waals surface area contributed by atoms with Gasteiger partial charge in [0, 0.05) is 16.5 Å². The first-order chi connectivity index (χ1) is 11.4. The first kappa shape index (κ1) is 15.3. The molecule has 0 spiro atoms. The predicted octanol–water partition coefficient (Wildman–Crippen LogP) is 4.17. The molecule has 2 fully saturated rings. The number of rotatable bonds is 2. The summed E-state index contributed by atoms with van der Waals surface area (Å²) in [6.45, 7) is 6.96. The second-order valence-corrected chi connectivity index (χ2v) is 7.88. The number of aromatic nitrogens is 1. The number of para-hydroxylation sites is 1. The monoisotopic (exact) mass is 321 g/mol. The molecule has 0 unspecified atom stereocenters. The third-order valence-electron chi connectivity index (χ3n) is 6.64. The Labute approximate surface area is 142 Å². The van der Waals surface area contributed by atoms with Crippen molar-refractivity contribution in [3.8, 4) is 0 Å². The second-order valence-electron chi connectivity index (χ2n) is 7.88. The highest BCUT2D eigenvalue weighted by molar-refractivity contribution is 5.98. The van der Waals surface area contributed by atoms with Gasteiger partial charge in [-0.15, -0.1) is 0 Å². The number of nitrogens with zero attached hydrogens (tertiary/aromatic N) is 2. The maximum Gasteiger partial charge on any atom is 0.289 e. The zero-order valence-corrected chi connectivity index (χ0v) is 14.5. The lowest BCUT2D eigenvalue weighted by atomic mass is 9.70. The van der Waals surface area contributed by atoms with Crippen molar-refractivity contribution >= 4 is 22.5 Å². The van der Waals surface area contributed by atoms with E-state index in [1.807, 2.05) is 30.3 Å². The highest BCUT2D eigenvalue weighted by Crippen LogP contribution is 2.63. The molecule has 4 heteroatoms. The van der Waals surface area contributed by atoms with Crippen LogP contribution in [0.1, 0.15) is 50.5 Å². The third kappa shape index (κ3) is 2.09. The molecule has 24 heavy (non-hydrogen) atoms. The number of hydrogen-bond acceptors (Lipinski definition) is 3. The molecule has 4 rings (SSSR count). The number of pyridine rings is 1. The molecule has 1 heterocycles. The SMILES string of the molecule is CC1(C)[C@@H]2CC[C@@]1(C)/C(=N/NC(=O)c1ccc3ccccc3n1)C2. The van der Waals surface area contributed by atoms with Gasteiger partial charge in [-0.05, 0) is 42.7 Å². The van der Waals surface area contributed by atoms with Crippen molar-refractivity contribution in [2.24, 2.45) is 21.8 Å². The zero-order valence-electron chi connectivity index (χ0n) is 14.5. The minimum Gasteiger partial charge on any atom is -0.266 e. The van der Waals surface area contributed by atoms with Crippen molar-refractivity contribution in [1.29, 1.82) is 0 Å². The topological polar surface area (TPSA) is 54.4 Å². The fourth-order valence-corrected chi connectivity index (χ4v) is 4.47. The number of hydrazone groups is 1. The number of hydrogen-bond donors (Lipinski definition) is 1. The summed E-state index contributed by atoms with van der Waals surface area (Å²) in [6, 6.07) is 11.5. The van der Waals surface area contributed by atoms with Crippen LogP contribution >= 0.6 is 0 Å². The second kappa shape index (κ2) is 5.13. The van der Waals surface area contributed by atoms with Crippen molar-refractivity contribution in [3.05, 3.63) is 42.1 Å². The molecule has 2 aliphatic carbocycles. The smallest absolute Gasteiger partial charge is 0.266 e. The molecule has 1 aromatic heterocycles. The van der Waals surface area contributed by atoms with Crippen molar-refractivity contribution in [2.45, 2.75) is 40.0 Å². The van der Waals surface area contributed by atoms with Gasteiger partial charge in [-0.3, -0.25) is 4.79 Å². The van der Waals surface area contributed by atoms with E-state index in [0.29, 0.717) is 11.6 Å². The Bertz CT molecular complexity index is 855. The summed E-state index contributed by atoms with van der Waals surface area (Å²) in [5.74, 6) is 0.439. The van der Waals surface area contributed by atoms with E-state index in [2.05, 4.69) is 36.3 Å². The normalized spacial score (nSPS) is 29.3. The molecular weight excluding hydrogens is 298 g/mol. The van der Waals surface area contributed by atoms with E-state index in [4.69, 9.17) is 0 Å². The van der Waals surface area contributed by atoms with Gasteiger partial charge in [0.2, 0.25) is 0 Å². The standard InChI is InChI=1S/C20H23N3O/c1-19(2)14-10-11-20(19,3)17(12-14)22-23-18(24)16-9-8-13-6-4-5-7-15(13)21-16/h4-9,14H,10-12H2,1-3H3,(H,23,24)/b22-17+/t14-,20+/m1/s1. The summed E-state index contributed by atoms with van der Waals surface area (Å²) < 4.78 is 0. The summed E-state index contributed by atoms with van der Waals surface area (Å²) in [5.41, 5.74) is 5.47. The summed E-state index contributed by atoms with van der Waals surface area (Å²) in [7, 11) is 0. The van der Waals surface area contributed by atoms with Crippen molar-refractivity contribution in [3.63, 3.8) is 0 Å². The molecule has 2 atom stereocenters. The molecule has 2 saturated carbocycles. The van der Waals surface area contributed by atoms with Crippen LogP contribution < -0.4 is 5.43 Å². The fourth-order valence-electron chi connectivity index (χ4n) is 4.47. The predicted molar refractivity (Wildman–Crippen MR) is 95.9 cm³/mol. The number of carbonyl (C=O) groups is 1. The van der Waals surface area contributed by atoms with Crippen LogP contribution in [0.4, 0.5) is 0 Å². The highest BCUT2D eigenvalue weighted by atomic mass is 16.2. The van der Waals surface area contributed by atoms with E-state index in [9.17, 15) is 4.79 Å². The molecule has 4 nitrogen and oxygen atoms in total. The Kier molecular flexibility index (Phi) is 3.27. The molecule has 0 aliphatic heterocycles. The van der Waals surface area contributed by atoms with Crippen LogP contribution in [-0.4, -0.2) is 16.6 Å². The van der Waals surface area contributed by atoms with Gasteiger partial charge in [0.25, 0.3) is 5.91 Å². The van der Waals surface area contributed by atoms with E-state index in [0.717, 1.165) is 29.5 Å². The van der Waals surface area contributed by atoms with Gasteiger partial charge in [-0.2, -0.15) is 5.10 Å². The Morgan fingerprint density at radius 3 is 2.71 bits per heavy atom. The number of fused-ring (bicyclic) bond motifs is 3. The molecule has 1 amide bonds. The molecule has 2 bridgehead atoms. The van der Waals surface area contributed by atoms with Gasteiger partial charge in [0.1, 0.15) is 5.69 Å². The van der Waals surface area contributed by atoms with Gasteiger partial charge in [0.05, 0.1) is 5.52 Å². The number of nitrogens with one attached hydrogen (secondary N) is 1. The minimum atomic E-state index is -0.238. The van der Waals surface area contributed by atoms with E-state index in [-0.39, 0.29) is 16.7 Å². The van der Waals surface area contributed by atoms with Gasteiger partial charge >= 0.3 is 0 Å². The summed E-state index contributed by atoms with van der Waals surface area (Å²) >= 11 is 0. The largest absolute Gasteiger partial charge is 0.289 e. The lowest BCUT2D eigenvalue weighted by molar-refractivity contribution is 0.0949. The lowest BCUT2D eigenvalue weighted by Gasteiger charge is -2.34. The Morgan fingerprint density at radius 2 is 2.00 bits per heavy atom. The average molecular weight is 321 g/mol. The molecule has 0 saturated heterocycles. The Hall–Kier alpha value is -2.23. The first-order valence-electron chi connectivity index (χ1n) is 8.65. The van der Waals surface area contributed by atoms with Crippen molar-refractivity contribution < 1.29 is 4.79 Å². The van der Waals surface area contributed by atoms with E-state index in [1.54, 1.807) is 6.07 Å². The summed E-state index contributed by atoms with van der Waals surface area (Å²) in [4.78, 5) is 16.9. The van der Waals surface area contributed by atoms with Crippen LogP contribution in [0.25, 0.3) is 10.9 Å². The Balaban J connectivity index is 1.56. The molecule has 2 aliphatic rings. The average Bonchev–Trinajstić information content (AvgIpc) is 2.92. The Morgan fingerprint density at radius 1 is 1.21 bits per heavy atom.